The van der Waals surface area contributed by atoms with Crippen LogP contribution in [0.15, 0.2) is 48.5 Å². The summed E-state index contributed by atoms with van der Waals surface area (Å²) in [6, 6.07) is 16.7. The van der Waals surface area contributed by atoms with E-state index < -0.39 is 0 Å². The van der Waals surface area contributed by atoms with Gasteiger partial charge >= 0.3 is 6.03 Å². The van der Waals surface area contributed by atoms with Crippen LogP contribution in [0.1, 0.15) is 36.8 Å². The van der Waals surface area contributed by atoms with E-state index in [-0.39, 0.29) is 17.9 Å². The number of urea groups is 1. The third kappa shape index (κ3) is 4.15. The number of hydrogen-bond donors (Lipinski definition) is 3. The highest BCUT2D eigenvalue weighted by Crippen LogP contribution is 2.24. The van der Waals surface area contributed by atoms with Crippen molar-refractivity contribution in [2.24, 2.45) is 0 Å². The van der Waals surface area contributed by atoms with Crippen molar-refractivity contribution in [1.29, 1.82) is 5.26 Å². The van der Waals surface area contributed by atoms with Crippen LogP contribution >= 0.6 is 0 Å². The van der Waals surface area contributed by atoms with Crippen LogP contribution in [0.4, 0.5) is 14.9 Å². The van der Waals surface area contributed by atoms with Gasteiger partial charge in [0.05, 0.1) is 23.7 Å². The van der Waals surface area contributed by atoms with Gasteiger partial charge in [-0.3, -0.25) is 0 Å². The maximum Gasteiger partial charge on any atom is 0.319 e. The maximum atomic E-state index is 13.1. The van der Waals surface area contributed by atoms with E-state index in [1.54, 1.807) is 29.2 Å². The van der Waals surface area contributed by atoms with Gasteiger partial charge in [0.25, 0.3) is 0 Å². The second-order valence-electron chi connectivity index (χ2n) is 7.81. The lowest BCUT2D eigenvalue weighted by Crippen LogP contribution is -3.17. The van der Waals surface area contributed by atoms with Crippen molar-refractivity contribution >= 4 is 11.7 Å². The van der Waals surface area contributed by atoms with E-state index in [4.69, 9.17) is 5.26 Å². The van der Waals surface area contributed by atoms with Crippen LogP contribution in [0.2, 0.25) is 0 Å². The van der Waals surface area contributed by atoms with Crippen LogP contribution < -0.4 is 15.5 Å². The molecule has 0 radical (unpaired) electrons. The van der Waals surface area contributed by atoms with E-state index in [1.165, 1.54) is 30.5 Å². The molecule has 0 spiro atoms. The number of anilines is 1. The summed E-state index contributed by atoms with van der Waals surface area (Å²) in [7, 11) is 0. The van der Waals surface area contributed by atoms with Gasteiger partial charge in [0.2, 0.25) is 0 Å². The van der Waals surface area contributed by atoms with E-state index in [0.717, 1.165) is 19.4 Å². The number of quaternary nitrogens is 1. The van der Waals surface area contributed by atoms with Crippen LogP contribution in [-0.4, -0.2) is 24.2 Å². The molecule has 2 saturated heterocycles. The molecule has 0 aromatic heterocycles. The number of nitriles is 1. The van der Waals surface area contributed by atoms with E-state index in [0.29, 0.717) is 23.3 Å². The van der Waals surface area contributed by atoms with Gasteiger partial charge in [-0.2, -0.15) is 5.26 Å². The highest BCUT2D eigenvalue weighted by atomic mass is 19.1. The van der Waals surface area contributed by atoms with Crippen LogP contribution in [-0.2, 0) is 6.54 Å². The van der Waals surface area contributed by atoms with E-state index in [2.05, 4.69) is 16.7 Å². The zero-order valence-corrected chi connectivity index (χ0v) is 15.6. The lowest BCUT2D eigenvalue weighted by molar-refractivity contribution is -0.954. The highest BCUT2D eigenvalue weighted by Gasteiger charge is 2.44. The number of hydrogen-bond acceptors (Lipinski definition) is 2. The van der Waals surface area contributed by atoms with E-state index in [9.17, 15) is 9.18 Å². The average molecular weight is 379 g/mol. The second kappa shape index (κ2) is 7.99. The minimum Gasteiger partial charge on any atom is -0.335 e. The zero-order valence-electron chi connectivity index (χ0n) is 15.6. The molecule has 4 atom stereocenters. The first-order valence-electron chi connectivity index (χ1n) is 9.78. The number of carbonyl (C=O) groups excluding carboxylic acids is 1. The number of benzene rings is 2. The Morgan fingerprint density at radius 3 is 2.32 bits per heavy atom. The third-order valence-electron chi connectivity index (χ3n) is 5.98. The standard InChI is InChI=1S/C22H23FN4O/c23-17-5-1-16(2-6-17)14-27-20-9-10-21(27)12-19(11-20)26-22(28)25-18-7-3-15(13-24)4-8-18/h1-8,19-21H,9-12,14H2,(H2,25,26,28)/p+1/t19?,20-,21+. The second-order valence-corrected chi connectivity index (χ2v) is 7.81. The molecule has 3 N–H and O–H groups in total. The van der Waals surface area contributed by atoms with Gasteiger partial charge in [-0.1, -0.05) is 12.1 Å². The van der Waals surface area contributed by atoms with Gasteiger partial charge in [-0.25, -0.2) is 9.18 Å². The number of amides is 2. The first-order valence-corrected chi connectivity index (χ1v) is 9.78. The summed E-state index contributed by atoms with van der Waals surface area (Å²) in [5.74, 6) is -0.196. The molecule has 2 aromatic carbocycles. The van der Waals surface area contributed by atoms with Gasteiger partial charge in [-0.15, -0.1) is 0 Å². The van der Waals surface area contributed by atoms with Gasteiger partial charge < -0.3 is 15.5 Å². The van der Waals surface area contributed by atoms with Crippen LogP contribution in [0, 0.1) is 17.1 Å². The smallest absolute Gasteiger partial charge is 0.319 e. The van der Waals surface area contributed by atoms with Crippen molar-refractivity contribution < 1.29 is 14.1 Å². The Labute approximate surface area is 164 Å². The lowest BCUT2D eigenvalue weighted by atomic mass is 9.96. The molecule has 0 saturated carbocycles. The summed E-state index contributed by atoms with van der Waals surface area (Å²) >= 11 is 0. The number of fused-ring (bicyclic) bond motifs is 2. The Kier molecular flexibility index (Phi) is 5.27. The maximum absolute atomic E-state index is 13.1. The number of nitrogens with one attached hydrogen (secondary N) is 3. The molecule has 2 heterocycles. The van der Waals surface area contributed by atoms with Crippen molar-refractivity contribution in [3.8, 4) is 6.07 Å². The monoisotopic (exact) mass is 379 g/mol. The number of piperidine rings is 1. The highest BCUT2D eigenvalue weighted by molar-refractivity contribution is 5.89. The molecular weight excluding hydrogens is 355 g/mol. The molecule has 2 aliphatic rings. The minimum atomic E-state index is -0.198. The van der Waals surface area contributed by atoms with Crippen molar-refractivity contribution in [2.45, 2.75) is 50.4 Å². The van der Waals surface area contributed by atoms with Gasteiger partial charge in [0.15, 0.2) is 0 Å². The summed E-state index contributed by atoms with van der Waals surface area (Å²) in [6.45, 7) is 0.916. The van der Waals surface area contributed by atoms with E-state index >= 15 is 0 Å². The molecule has 2 aliphatic heterocycles. The number of nitrogens with zero attached hydrogens (tertiary/aromatic N) is 1. The Hall–Kier alpha value is -2.91. The van der Waals surface area contributed by atoms with Crippen molar-refractivity contribution in [3.05, 3.63) is 65.5 Å². The lowest BCUT2D eigenvalue weighted by Gasteiger charge is -2.36. The topological polar surface area (TPSA) is 69.4 Å². The molecule has 2 bridgehead atoms. The summed E-state index contributed by atoms with van der Waals surface area (Å²) in [6.07, 6.45) is 4.29. The predicted octanol–water partition coefficient (Wildman–Crippen LogP) is 2.60. The molecule has 2 aromatic rings. The number of rotatable bonds is 4. The predicted molar refractivity (Wildman–Crippen MR) is 104 cm³/mol. The third-order valence-corrected chi connectivity index (χ3v) is 5.98. The Bertz CT molecular complexity index is 861. The Balaban J connectivity index is 1.31. The van der Waals surface area contributed by atoms with E-state index in [1.807, 2.05) is 12.1 Å². The van der Waals surface area contributed by atoms with Crippen LogP contribution in [0.25, 0.3) is 0 Å². The summed E-state index contributed by atoms with van der Waals surface area (Å²) in [5, 5.41) is 14.8. The molecule has 4 rings (SSSR count). The molecule has 5 nitrogen and oxygen atoms in total. The summed E-state index contributed by atoms with van der Waals surface area (Å²) in [5.41, 5.74) is 2.41. The number of halogens is 1. The van der Waals surface area contributed by atoms with Gasteiger partial charge in [0, 0.05) is 43.0 Å². The summed E-state index contributed by atoms with van der Waals surface area (Å²) < 4.78 is 13.1. The van der Waals surface area contributed by atoms with Crippen molar-refractivity contribution in [3.63, 3.8) is 0 Å². The quantitative estimate of drug-likeness (QED) is 0.764. The molecule has 6 heteroatoms. The molecular formula is C22H24FN4O+. The molecule has 2 fully saturated rings. The first-order chi connectivity index (χ1) is 13.6. The average Bonchev–Trinajstić information content (AvgIpc) is 2.92. The van der Waals surface area contributed by atoms with Crippen molar-refractivity contribution in [2.75, 3.05) is 5.32 Å². The fraction of sp³-hybridized carbons (Fsp3) is 0.364. The summed E-state index contributed by atoms with van der Waals surface area (Å²) in [4.78, 5) is 13.9. The molecule has 2 amide bonds. The minimum absolute atomic E-state index is 0.174. The largest absolute Gasteiger partial charge is 0.335 e. The molecule has 28 heavy (non-hydrogen) atoms. The fourth-order valence-corrected chi connectivity index (χ4v) is 4.65. The van der Waals surface area contributed by atoms with Crippen LogP contribution in [0.5, 0.6) is 0 Å². The molecule has 144 valence electrons. The first kappa shape index (κ1) is 18.5. The Morgan fingerprint density at radius 1 is 1.07 bits per heavy atom. The molecule has 0 aliphatic carbocycles. The molecule has 2 unspecified atom stereocenters. The normalized spacial score (nSPS) is 25.7. The Morgan fingerprint density at radius 2 is 1.71 bits per heavy atom. The number of carbonyl (C=O) groups is 1. The SMILES string of the molecule is N#Cc1ccc(NC(=O)NC2C[C@H]3CC[C@@H](C2)[NH+]3Cc2ccc(F)cc2)cc1. The van der Waals surface area contributed by atoms with Gasteiger partial charge in [-0.05, 0) is 36.4 Å². The fourth-order valence-electron chi connectivity index (χ4n) is 4.65. The van der Waals surface area contributed by atoms with Crippen LogP contribution in [0.3, 0.4) is 0 Å². The zero-order chi connectivity index (χ0) is 19.5. The van der Waals surface area contributed by atoms with Crippen molar-refractivity contribution in [1.82, 2.24) is 5.32 Å². The van der Waals surface area contributed by atoms with Gasteiger partial charge in [0.1, 0.15) is 12.4 Å².